The number of benzene rings is 1. The maximum Gasteiger partial charge on any atom is 0.110 e. The van der Waals surface area contributed by atoms with Crippen molar-refractivity contribution in [2.75, 3.05) is 6.54 Å². The number of nitrogens with zero attached hydrogens (tertiary/aromatic N) is 1. The van der Waals surface area contributed by atoms with Crippen LogP contribution < -0.4 is 5.32 Å². The minimum atomic E-state index is 0.368. The summed E-state index contributed by atoms with van der Waals surface area (Å²) < 4.78 is 0. The van der Waals surface area contributed by atoms with Crippen molar-refractivity contribution in [2.24, 2.45) is 0 Å². The highest BCUT2D eigenvalue weighted by Gasteiger charge is 2.21. The summed E-state index contributed by atoms with van der Waals surface area (Å²) in [7, 11) is 0. The average Bonchev–Trinajstić information content (AvgIpc) is 3.05. The molecule has 0 radical (unpaired) electrons. The van der Waals surface area contributed by atoms with Crippen LogP contribution in [-0.4, -0.2) is 11.5 Å². The summed E-state index contributed by atoms with van der Waals surface area (Å²) in [6.07, 6.45) is 5.90. The summed E-state index contributed by atoms with van der Waals surface area (Å²) in [5.74, 6) is 0. The maximum absolute atomic E-state index is 4.90. The van der Waals surface area contributed by atoms with E-state index < -0.39 is 0 Å². The normalized spacial score (nSPS) is 15.2. The predicted octanol–water partition coefficient (Wildman–Crippen LogP) is 3.92. The Hall–Kier alpha value is -1.19. The number of hydrogen-bond donors (Lipinski definition) is 1. The average molecular weight is 286 g/mol. The molecule has 1 aliphatic rings. The molecule has 3 rings (SSSR count). The minimum absolute atomic E-state index is 0.368. The molecule has 1 aromatic heterocycles. The summed E-state index contributed by atoms with van der Waals surface area (Å²) in [6.45, 7) is 3.27. The van der Waals surface area contributed by atoms with Crippen molar-refractivity contribution in [3.8, 4) is 0 Å². The Morgan fingerprint density at radius 3 is 2.85 bits per heavy atom. The molecule has 106 valence electrons. The predicted molar refractivity (Wildman–Crippen MR) is 85.3 cm³/mol. The number of aromatic nitrogens is 1. The Bertz CT molecular complexity index is 526. The Morgan fingerprint density at radius 1 is 1.25 bits per heavy atom. The van der Waals surface area contributed by atoms with Crippen molar-refractivity contribution in [2.45, 2.75) is 45.1 Å². The number of fused-ring (bicyclic) bond motifs is 1. The third-order valence-electron chi connectivity index (χ3n) is 3.83. The van der Waals surface area contributed by atoms with Crippen molar-refractivity contribution < 1.29 is 0 Å². The van der Waals surface area contributed by atoms with Crippen LogP contribution in [0.2, 0.25) is 0 Å². The van der Waals surface area contributed by atoms with Crippen LogP contribution >= 0.6 is 11.3 Å². The van der Waals surface area contributed by atoms with E-state index in [4.69, 9.17) is 4.98 Å². The highest BCUT2D eigenvalue weighted by Crippen LogP contribution is 2.31. The minimum Gasteiger partial charge on any atom is -0.308 e. The second-order valence-corrected chi connectivity index (χ2v) is 6.59. The highest BCUT2D eigenvalue weighted by molar-refractivity contribution is 7.11. The van der Waals surface area contributed by atoms with Crippen molar-refractivity contribution in [1.29, 1.82) is 0 Å². The second kappa shape index (κ2) is 6.51. The van der Waals surface area contributed by atoms with Crippen LogP contribution in [0.3, 0.4) is 0 Å². The van der Waals surface area contributed by atoms with Gasteiger partial charge in [-0.1, -0.05) is 37.3 Å². The first-order valence-electron chi connectivity index (χ1n) is 7.62. The number of nitrogens with one attached hydrogen (secondary N) is 1. The van der Waals surface area contributed by atoms with E-state index in [0.29, 0.717) is 6.04 Å². The zero-order valence-electron chi connectivity index (χ0n) is 12.1. The molecule has 2 aromatic rings. The van der Waals surface area contributed by atoms with Crippen LogP contribution in [0.4, 0.5) is 0 Å². The number of thiazole rings is 1. The number of aryl methyl sites for hydroxylation is 2. The van der Waals surface area contributed by atoms with Gasteiger partial charge in [0.1, 0.15) is 5.01 Å². The van der Waals surface area contributed by atoms with E-state index in [1.54, 1.807) is 0 Å². The van der Waals surface area contributed by atoms with Gasteiger partial charge in [0.2, 0.25) is 0 Å². The Balaban J connectivity index is 1.78. The molecule has 2 nitrogen and oxygen atoms in total. The van der Waals surface area contributed by atoms with Crippen molar-refractivity contribution in [3.63, 3.8) is 0 Å². The van der Waals surface area contributed by atoms with E-state index >= 15 is 0 Å². The molecule has 0 fully saturated rings. The molecule has 1 aliphatic carbocycles. The lowest BCUT2D eigenvalue weighted by Gasteiger charge is -2.16. The fourth-order valence-corrected chi connectivity index (χ4v) is 4.00. The van der Waals surface area contributed by atoms with Gasteiger partial charge in [0, 0.05) is 4.88 Å². The SMILES string of the molecule is CCCNC(Cc1ccccc1)c1nc2c(s1)CCC2. The van der Waals surface area contributed by atoms with Crippen LogP contribution in [0.1, 0.15) is 46.9 Å². The van der Waals surface area contributed by atoms with Gasteiger partial charge in [-0.15, -0.1) is 11.3 Å². The topological polar surface area (TPSA) is 24.9 Å². The molecule has 1 N–H and O–H groups in total. The zero-order valence-corrected chi connectivity index (χ0v) is 12.9. The molecule has 1 atom stereocenters. The van der Waals surface area contributed by atoms with Crippen LogP contribution in [0, 0.1) is 0 Å². The van der Waals surface area contributed by atoms with Crippen molar-refractivity contribution in [3.05, 3.63) is 51.5 Å². The molecule has 0 amide bonds. The van der Waals surface area contributed by atoms with E-state index in [0.717, 1.165) is 19.4 Å². The molecule has 0 spiro atoms. The first-order chi connectivity index (χ1) is 9.86. The molecule has 1 heterocycles. The maximum atomic E-state index is 4.90. The standard InChI is InChI=1S/C17H22N2S/c1-2-11-18-15(12-13-7-4-3-5-8-13)17-19-14-9-6-10-16(14)20-17/h3-5,7-8,15,18H,2,6,9-12H2,1H3. The lowest BCUT2D eigenvalue weighted by Crippen LogP contribution is -2.24. The van der Waals surface area contributed by atoms with Gasteiger partial charge < -0.3 is 5.32 Å². The lowest BCUT2D eigenvalue weighted by molar-refractivity contribution is 0.526. The molecule has 3 heteroatoms. The first kappa shape index (κ1) is 13.8. The van der Waals surface area contributed by atoms with Gasteiger partial charge in [0.25, 0.3) is 0 Å². The summed E-state index contributed by atoms with van der Waals surface area (Å²) in [4.78, 5) is 6.42. The van der Waals surface area contributed by atoms with E-state index in [9.17, 15) is 0 Å². The fraction of sp³-hybridized carbons (Fsp3) is 0.471. The van der Waals surface area contributed by atoms with Gasteiger partial charge in [-0.2, -0.15) is 0 Å². The van der Waals surface area contributed by atoms with Crippen LogP contribution in [0.15, 0.2) is 30.3 Å². The highest BCUT2D eigenvalue weighted by atomic mass is 32.1. The summed E-state index contributed by atoms with van der Waals surface area (Å²) in [5.41, 5.74) is 2.75. The van der Waals surface area contributed by atoms with E-state index in [1.807, 2.05) is 11.3 Å². The molecule has 1 aromatic carbocycles. The quantitative estimate of drug-likeness (QED) is 0.870. The molecule has 0 bridgehead atoms. The Morgan fingerprint density at radius 2 is 2.10 bits per heavy atom. The molecule has 1 unspecified atom stereocenters. The molecular formula is C17H22N2S. The molecule has 0 saturated heterocycles. The van der Waals surface area contributed by atoms with Gasteiger partial charge in [0.05, 0.1) is 11.7 Å². The van der Waals surface area contributed by atoms with Crippen LogP contribution in [0.5, 0.6) is 0 Å². The largest absolute Gasteiger partial charge is 0.308 e. The summed E-state index contributed by atoms with van der Waals surface area (Å²) in [6, 6.07) is 11.1. The van der Waals surface area contributed by atoms with Crippen molar-refractivity contribution >= 4 is 11.3 Å². The van der Waals surface area contributed by atoms with Crippen LogP contribution in [-0.2, 0) is 19.3 Å². The fourth-order valence-electron chi connectivity index (χ4n) is 2.77. The van der Waals surface area contributed by atoms with E-state index in [-0.39, 0.29) is 0 Å². The van der Waals surface area contributed by atoms with Gasteiger partial charge in [-0.05, 0) is 44.2 Å². The smallest absolute Gasteiger partial charge is 0.110 e. The third kappa shape index (κ3) is 3.10. The van der Waals surface area contributed by atoms with Crippen molar-refractivity contribution in [1.82, 2.24) is 10.3 Å². The van der Waals surface area contributed by atoms with E-state index in [1.165, 1.54) is 40.4 Å². The Kier molecular flexibility index (Phi) is 4.48. The monoisotopic (exact) mass is 286 g/mol. The second-order valence-electron chi connectivity index (χ2n) is 5.47. The summed E-state index contributed by atoms with van der Waals surface area (Å²) >= 11 is 1.93. The van der Waals surface area contributed by atoms with Crippen LogP contribution in [0.25, 0.3) is 0 Å². The van der Waals surface area contributed by atoms with E-state index in [2.05, 4.69) is 42.6 Å². The third-order valence-corrected chi connectivity index (χ3v) is 5.10. The lowest BCUT2D eigenvalue weighted by atomic mass is 10.1. The van der Waals surface area contributed by atoms with Gasteiger partial charge in [-0.3, -0.25) is 0 Å². The number of rotatable bonds is 6. The molecule has 0 aliphatic heterocycles. The number of hydrogen-bond acceptors (Lipinski definition) is 3. The molecular weight excluding hydrogens is 264 g/mol. The molecule has 20 heavy (non-hydrogen) atoms. The Labute approximate surface area is 125 Å². The van der Waals surface area contributed by atoms with Gasteiger partial charge >= 0.3 is 0 Å². The zero-order chi connectivity index (χ0) is 13.8. The van der Waals surface area contributed by atoms with Gasteiger partial charge in [-0.25, -0.2) is 4.98 Å². The molecule has 0 saturated carbocycles. The summed E-state index contributed by atoms with van der Waals surface area (Å²) in [5, 5.41) is 4.96. The van der Waals surface area contributed by atoms with Gasteiger partial charge in [0.15, 0.2) is 0 Å². The first-order valence-corrected chi connectivity index (χ1v) is 8.44.